The number of aliphatic hydroxyl groups is 1. The largest absolute Gasteiger partial charge is 0.478 e. The molecule has 6 nitrogen and oxygen atoms in total. The van der Waals surface area contributed by atoms with Crippen LogP contribution in [-0.2, 0) is 0 Å². The second kappa shape index (κ2) is 7.99. The molecule has 0 saturated carbocycles. The Morgan fingerprint density at radius 1 is 1.38 bits per heavy atom. The quantitative estimate of drug-likeness (QED) is 0.729. The average molecular weight is 359 g/mol. The molecule has 1 rings (SSSR count). The normalized spacial score (nSPS) is 10.5. The summed E-state index contributed by atoms with van der Waals surface area (Å²) in [5.41, 5.74) is 0.244. The van der Waals surface area contributed by atoms with Gasteiger partial charge in [0.15, 0.2) is 0 Å². The molecule has 0 aliphatic carbocycles. The van der Waals surface area contributed by atoms with Gasteiger partial charge < -0.3 is 20.4 Å². The molecule has 0 aliphatic heterocycles. The first-order valence-electron chi connectivity index (χ1n) is 6.58. The number of hydrogen-bond acceptors (Lipinski definition) is 3. The second-order valence-corrected chi connectivity index (χ2v) is 5.62. The van der Waals surface area contributed by atoms with Crippen LogP contribution in [0, 0.1) is 0 Å². The summed E-state index contributed by atoms with van der Waals surface area (Å²) in [4.78, 5) is 25.1. The molecule has 0 unspecified atom stereocenters. The summed E-state index contributed by atoms with van der Waals surface area (Å²) in [6.45, 7) is 4.10. The number of nitrogens with one attached hydrogen (secondary N) is 1. The molecule has 1 aromatic rings. The van der Waals surface area contributed by atoms with Gasteiger partial charge in [0.1, 0.15) is 0 Å². The Bertz CT molecular complexity index is 520. The molecule has 21 heavy (non-hydrogen) atoms. The van der Waals surface area contributed by atoms with E-state index in [9.17, 15) is 14.7 Å². The van der Waals surface area contributed by atoms with Crippen LogP contribution in [0.15, 0.2) is 22.7 Å². The van der Waals surface area contributed by atoms with E-state index < -0.39 is 12.0 Å². The minimum absolute atomic E-state index is 0.00803. The van der Waals surface area contributed by atoms with E-state index in [1.54, 1.807) is 17.0 Å². The highest BCUT2D eigenvalue weighted by molar-refractivity contribution is 9.10. The van der Waals surface area contributed by atoms with Crippen molar-refractivity contribution >= 4 is 33.6 Å². The minimum atomic E-state index is -1.11. The average Bonchev–Trinajstić information content (AvgIpc) is 2.40. The van der Waals surface area contributed by atoms with Crippen molar-refractivity contribution in [3.05, 3.63) is 28.2 Å². The van der Waals surface area contributed by atoms with Gasteiger partial charge in [-0.15, -0.1) is 0 Å². The molecule has 0 heterocycles. The van der Waals surface area contributed by atoms with E-state index in [1.165, 1.54) is 6.07 Å². The molecule has 0 atom stereocenters. The SMILES string of the molecule is CC(C)N(CCCO)C(=O)Nc1c(Br)cccc1C(=O)O. The molecule has 1 aromatic carbocycles. The van der Waals surface area contributed by atoms with Gasteiger partial charge in [-0.1, -0.05) is 6.07 Å². The summed E-state index contributed by atoms with van der Waals surface area (Å²) in [5.74, 6) is -1.11. The lowest BCUT2D eigenvalue weighted by molar-refractivity contribution is 0.0698. The minimum Gasteiger partial charge on any atom is -0.478 e. The highest BCUT2D eigenvalue weighted by atomic mass is 79.9. The molecule has 116 valence electrons. The topological polar surface area (TPSA) is 89.9 Å². The molecule has 0 aliphatic rings. The number of hydrogen-bond donors (Lipinski definition) is 3. The first kappa shape index (κ1) is 17.5. The maximum Gasteiger partial charge on any atom is 0.337 e. The van der Waals surface area contributed by atoms with Gasteiger partial charge in [0.2, 0.25) is 0 Å². The summed E-state index contributed by atoms with van der Waals surface area (Å²) in [7, 11) is 0. The Hall–Kier alpha value is -1.60. The summed E-state index contributed by atoms with van der Waals surface area (Å²) in [5, 5.41) is 20.7. The number of rotatable bonds is 6. The van der Waals surface area contributed by atoms with Crippen LogP contribution in [0.2, 0.25) is 0 Å². The zero-order valence-corrected chi connectivity index (χ0v) is 13.6. The zero-order chi connectivity index (χ0) is 16.0. The first-order chi connectivity index (χ1) is 9.88. The van der Waals surface area contributed by atoms with Crippen LogP contribution in [0.5, 0.6) is 0 Å². The lowest BCUT2D eigenvalue weighted by atomic mass is 10.2. The second-order valence-electron chi connectivity index (χ2n) is 4.76. The number of carboxylic acid groups (broad SMARTS) is 1. The standard InChI is InChI=1S/C14H19BrN2O4/c1-9(2)17(7-4-8-18)14(21)16-12-10(13(19)20)5-3-6-11(12)15/h3,5-6,9,18H,4,7-8H2,1-2H3,(H,16,21)(H,19,20). The van der Waals surface area contributed by atoms with Crippen LogP contribution in [0.1, 0.15) is 30.6 Å². The molecule has 0 radical (unpaired) electrons. The molecule has 0 aromatic heterocycles. The molecular formula is C14H19BrN2O4. The number of anilines is 1. The van der Waals surface area contributed by atoms with Crippen LogP contribution in [0.4, 0.5) is 10.5 Å². The number of carbonyl (C=O) groups excluding carboxylic acids is 1. The third-order valence-electron chi connectivity index (χ3n) is 2.92. The lowest BCUT2D eigenvalue weighted by Gasteiger charge is -2.27. The predicted molar refractivity (Wildman–Crippen MR) is 83.7 cm³/mol. The number of para-hydroxylation sites is 1. The number of aliphatic hydroxyl groups excluding tert-OH is 1. The highest BCUT2D eigenvalue weighted by Gasteiger charge is 2.20. The van der Waals surface area contributed by atoms with Crippen molar-refractivity contribution in [2.75, 3.05) is 18.5 Å². The number of urea groups is 1. The van der Waals surface area contributed by atoms with Crippen LogP contribution >= 0.6 is 15.9 Å². The number of carboxylic acids is 1. The first-order valence-corrected chi connectivity index (χ1v) is 7.38. The van der Waals surface area contributed by atoms with E-state index in [0.29, 0.717) is 17.4 Å². The van der Waals surface area contributed by atoms with Gasteiger partial charge in [-0.2, -0.15) is 0 Å². The fraction of sp³-hybridized carbons (Fsp3) is 0.429. The maximum absolute atomic E-state index is 12.3. The van der Waals surface area contributed by atoms with E-state index in [2.05, 4.69) is 21.2 Å². The van der Waals surface area contributed by atoms with Crippen molar-refractivity contribution < 1.29 is 19.8 Å². The number of benzene rings is 1. The molecule has 2 amide bonds. The Kier molecular flexibility index (Phi) is 6.64. The summed E-state index contributed by atoms with van der Waals surface area (Å²) < 4.78 is 0.501. The number of nitrogens with zero attached hydrogens (tertiary/aromatic N) is 1. The van der Waals surface area contributed by atoms with Crippen molar-refractivity contribution in [1.29, 1.82) is 0 Å². The number of aromatic carboxylic acids is 1. The predicted octanol–water partition coefficient (Wildman–Crippen LogP) is 2.77. The number of carbonyl (C=O) groups is 2. The summed E-state index contributed by atoms with van der Waals surface area (Å²) >= 11 is 3.25. The fourth-order valence-corrected chi connectivity index (χ4v) is 2.31. The third kappa shape index (κ3) is 4.71. The Morgan fingerprint density at radius 2 is 2.05 bits per heavy atom. The maximum atomic E-state index is 12.3. The Balaban J connectivity index is 2.98. The molecule has 3 N–H and O–H groups in total. The van der Waals surface area contributed by atoms with Crippen LogP contribution in [-0.4, -0.2) is 46.3 Å². The van der Waals surface area contributed by atoms with E-state index in [1.807, 2.05) is 13.8 Å². The van der Waals surface area contributed by atoms with Gasteiger partial charge in [-0.05, 0) is 48.3 Å². The van der Waals surface area contributed by atoms with Crippen molar-refractivity contribution in [1.82, 2.24) is 4.90 Å². The van der Waals surface area contributed by atoms with E-state index in [4.69, 9.17) is 5.11 Å². The van der Waals surface area contributed by atoms with Gasteiger partial charge >= 0.3 is 12.0 Å². The van der Waals surface area contributed by atoms with Crippen molar-refractivity contribution in [2.45, 2.75) is 26.3 Å². The smallest absolute Gasteiger partial charge is 0.337 e. The fourth-order valence-electron chi connectivity index (χ4n) is 1.84. The van der Waals surface area contributed by atoms with Crippen LogP contribution < -0.4 is 5.32 Å². The summed E-state index contributed by atoms with van der Waals surface area (Å²) in [6.07, 6.45) is 0.466. The Morgan fingerprint density at radius 3 is 2.57 bits per heavy atom. The van der Waals surface area contributed by atoms with Crippen molar-refractivity contribution in [2.24, 2.45) is 0 Å². The number of halogens is 1. The third-order valence-corrected chi connectivity index (χ3v) is 3.58. The number of amides is 2. The zero-order valence-electron chi connectivity index (χ0n) is 12.0. The van der Waals surface area contributed by atoms with Crippen molar-refractivity contribution in [3.8, 4) is 0 Å². The molecular weight excluding hydrogens is 340 g/mol. The van der Waals surface area contributed by atoms with Crippen LogP contribution in [0.25, 0.3) is 0 Å². The highest BCUT2D eigenvalue weighted by Crippen LogP contribution is 2.27. The lowest BCUT2D eigenvalue weighted by Crippen LogP contribution is -2.41. The van der Waals surface area contributed by atoms with Crippen LogP contribution in [0.3, 0.4) is 0 Å². The molecule has 0 fully saturated rings. The van der Waals surface area contributed by atoms with E-state index >= 15 is 0 Å². The van der Waals surface area contributed by atoms with Gasteiger partial charge in [0, 0.05) is 23.7 Å². The molecule has 7 heteroatoms. The summed E-state index contributed by atoms with van der Waals surface area (Å²) in [6, 6.07) is 4.22. The van der Waals surface area contributed by atoms with Gasteiger partial charge in [-0.3, -0.25) is 0 Å². The monoisotopic (exact) mass is 358 g/mol. The van der Waals surface area contributed by atoms with Crippen molar-refractivity contribution in [3.63, 3.8) is 0 Å². The molecule has 0 saturated heterocycles. The molecule has 0 bridgehead atoms. The van der Waals surface area contributed by atoms with Gasteiger partial charge in [0.25, 0.3) is 0 Å². The van der Waals surface area contributed by atoms with E-state index in [-0.39, 0.29) is 23.9 Å². The van der Waals surface area contributed by atoms with Gasteiger partial charge in [-0.25, -0.2) is 9.59 Å². The molecule has 0 spiro atoms. The van der Waals surface area contributed by atoms with E-state index in [0.717, 1.165) is 0 Å². The Labute approximate surface area is 131 Å². The van der Waals surface area contributed by atoms with Gasteiger partial charge in [0.05, 0.1) is 11.3 Å².